The molecule has 2 aromatic carbocycles. The molecular formula is C18H14ClN3O2S. The van der Waals surface area contributed by atoms with Crippen LogP contribution in [0.3, 0.4) is 0 Å². The number of halogens is 1. The molecule has 0 bridgehead atoms. The topological polar surface area (TPSA) is 69.4 Å². The molecule has 2 N–H and O–H groups in total. The van der Waals surface area contributed by atoms with Crippen LogP contribution in [-0.2, 0) is 0 Å². The number of fused-ring (bicyclic) bond motifs is 1. The lowest BCUT2D eigenvalue weighted by molar-refractivity contribution is 0.411. The van der Waals surface area contributed by atoms with Crippen LogP contribution in [0.1, 0.15) is 5.01 Å². The Bertz CT molecular complexity index is 995. The Morgan fingerprint density at radius 2 is 2.08 bits per heavy atom. The first kappa shape index (κ1) is 15.9. The molecule has 25 heavy (non-hydrogen) atoms. The second-order valence-electron chi connectivity index (χ2n) is 5.56. The Balaban J connectivity index is 1.70. The van der Waals surface area contributed by atoms with Crippen molar-refractivity contribution < 1.29 is 9.84 Å². The second kappa shape index (κ2) is 6.06. The molecule has 0 saturated heterocycles. The minimum atomic E-state index is 0.135. The number of methoxy groups -OCH3 is 1. The average molecular weight is 372 g/mol. The number of thiazole rings is 1. The van der Waals surface area contributed by atoms with Gasteiger partial charge >= 0.3 is 0 Å². The van der Waals surface area contributed by atoms with Gasteiger partial charge in [0.15, 0.2) is 0 Å². The number of aliphatic hydroxyl groups is 1. The molecule has 0 fully saturated rings. The summed E-state index contributed by atoms with van der Waals surface area (Å²) < 4.78 is 6.19. The highest BCUT2D eigenvalue weighted by molar-refractivity contribution is 7.19. The van der Waals surface area contributed by atoms with E-state index in [1.807, 2.05) is 30.3 Å². The number of aliphatic hydroxyl groups excluding tert-OH is 1. The monoisotopic (exact) mass is 371 g/mol. The first-order valence-electron chi connectivity index (χ1n) is 7.56. The molecule has 0 atom stereocenters. The largest absolute Gasteiger partial charge is 0.510 e. The standard InChI is InChI=1S/C18H14ClN3O2S/c1-24-14-7-6-10(8-11(14)19)22-9-13(23)16(17(22)20)18-21-12-4-2-3-5-15(12)25-18/h2-8,20,23H,9H2,1H3. The molecule has 1 aliphatic heterocycles. The molecule has 1 aliphatic rings. The summed E-state index contributed by atoms with van der Waals surface area (Å²) in [5.74, 6) is 0.911. The smallest absolute Gasteiger partial charge is 0.139 e. The highest BCUT2D eigenvalue weighted by Crippen LogP contribution is 2.37. The number of anilines is 1. The van der Waals surface area contributed by atoms with Crippen LogP contribution in [0.2, 0.25) is 5.02 Å². The average Bonchev–Trinajstić information content (AvgIpc) is 3.15. The second-order valence-corrected chi connectivity index (χ2v) is 7.00. The van der Waals surface area contributed by atoms with E-state index in [2.05, 4.69) is 4.98 Å². The zero-order chi connectivity index (χ0) is 17.6. The van der Waals surface area contributed by atoms with E-state index in [-0.39, 0.29) is 18.1 Å². The van der Waals surface area contributed by atoms with Crippen LogP contribution in [0.15, 0.2) is 48.2 Å². The van der Waals surface area contributed by atoms with E-state index in [0.29, 0.717) is 21.4 Å². The van der Waals surface area contributed by atoms with Crippen molar-refractivity contribution in [3.8, 4) is 5.75 Å². The third-order valence-electron chi connectivity index (χ3n) is 4.06. The summed E-state index contributed by atoms with van der Waals surface area (Å²) in [6.45, 7) is 0.215. The highest BCUT2D eigenvalue weighted by atomic mass is 35.5. The molecule has 0 radical (unpaired) electrons. The fraction of sp³-hybridized carbons (Fsp3) is 0.111. The van der Waals surface area contributed by atoms with Crippen LogP contribution in [0.25, 0.3) is 15.8 Å². The number of aromatic nitrogens is 1. The van der Waals surface area contributed by atoms with Gasteiger partial charge in [-0.15, -0.1) is 11.3 Å². The molecule has 3 aromatic rings. The van der Waals surface area contributed by atoms with Crippen molar-refractivity contribution in [1.29, 1.82) is 5.41 Å². The fourth-order valence-corrected chi connectivity index (χ4v) is 4.11. The normalized spacial score (nSPS) is 14.6. The first-order chi connectivity index (χ1) is 12.1. The van der Waals surface area contributed by atoms with Crippen molar-refractivity contribution in [1.82, 2.24) is 4.98 Å². The molecule has 2 heterocycles. The fourth-order valence-electron chi connectivity index (χ4n) is 2.83. The minimum absolute atomic E-state index is 0.135. The molecule has 0 amide bonds. The molecule has 4 rings (SSSR count). The number of nitrogens with zero attached hydrogens (tertiary/aromatic N) is 2. The molecule has 7 heteroatoms. The Kier molecular flexibility index (Phi) is 3.86. The Morgan fingerprint density at radius 3 is 2.80 bits per heavy atom. The summed E-state index contributed by atoms with van der Waals surface area (Å²) in [5, 5.41) is 20.1. The molecular weight excluding hydrogens is 358 g/mol. The Labute approximate surface area is 153 Å². The van der Waals surface area contributed by atoms with Crippen LogP contribution < -0.4 is 9.64 Å². The molecule has 1 aromatic heterocycles. The maximum Gasteiger partial charge on any atom is 0.139 e. The van der Waals surface area contributed by atoms with Gasteiger partial charge in [-0.1, -0.05) is 23.7 Å². The molecule has 0 aliphatic carbocycles. The van der Waals surface area contributed by atoms with Gasteiger partial charge in [-0.25, -0.2) is 4.98 Å². The van der Waals surface area contributed by atoms with Gasteiger partial charge in [-0.05, 0) is 30.3 Å². The first-order valence-corrected chi connectivity index (χ1v) is 8.76. The van der Waals surface area contributed by atoms with Gasteiger partial charge in [0.2, 0.25) is 0 Å². The third kappa shape index (κ3) is 2.63. The van der Waals surface area contributed by atoms with E-state index in [1.165, 1.54) is 11.3 Å². The number of hydrogen-bond donors (Lipinski definition) is 2. The lowest BCUT2D eigenvalue weighted by atomic mass is 10.2. The van der Waals surface area contributed by atoms with Crippen LogP contribution in [0.5, 0.6) is 5.75 Å². The van der Waals surface area contributed by atoms with Crippen molar-refractivity contribution in [2.75, 3.05) is 18.6 Å². The van der Waals surface area contributed by atoms with E-state index >= 15 is 0 Å². The zero-order valence-corrected chi connectivity index (χ0v) is 14.9. The molecule has 0 unspecified atom stereocenters. The highest BCUT2D eigenvalue weighted by Gasteiger charge is 2.31. The summed E-state index contributed by atoms with van der Waals surface area (Å²) in [4.78, 5) is 6.25. The number of ether oxygens (including phenoxy) is 1. The number of benzene rings is 2. The van der Waals surface area contributed by atoms with Gasteiger partial charge in [0.1, 0.15) is 22.4 Å². The quantitative estimate of drug-likeness (QED) is 0.698. The molecule has 5 nitrogen and oxygen atoms in total. The number of para-hydroxylation sites is 1. The summed E-state index contributed by atoms with van der Waals surface area (Å²) in [5.41, 5.74) is 2.05. The number of rotatable bonds is 3. The number of amidine groups is 1. The van der Waals surface area contributed by atoms with Crippen molar-refractivity contribution in [3.63, 3.8) is 0 Å². The third-order valence-corrected chi connectivity index (χ3v) is 5.41. The van der Waals surface area contributed by atoms with Crippen LogP contribution >= 0.6 is 22.9 Å². The van der Waals surface area contributed by atoms with E-state index < -0.39 is 0 Å². The lowest BCUT2D eigenvalue weighted by Gasteiger charge is -2.19. The Hall–Kier alpha value is -2.57. The van der Waals surface area contributed by atoms with E-state index in [0.717, 1.165) is 15.9 Å². The van der Waals surface area contributed by atoms with E-state index in [9.17, 15) is 5.11 Å². The van der Waals surface area contributed by atoms with Crippen LogP contribution in [-0.4, -0.2) is 29.6 Å². The molecule has 0 spiro atoms. The Morgan fingerprint density at radius 1 is 1.28 bits per heavy atom. The zero-order valence-electron chi connectivity index (χ0n) is 13.3. The summed E-state index contributed by atoms with van der Waals surface area (Å²) in [6.07, 6.45) is 0. The van der Waals surface area contributed by atoms with Gasteiger partial charge in [0.05, 0.1) is 34.5 Å². The van der Waals surface area contributed by atoms with Crippen molar-refractivity contribution >= 4 is 50.3 Å². The molecule has 0 saturated carbocycles. The van der Waals surface area contributed by atoms with Crippen molar-refractivity contribution in [2.45, 2.75) is 0 Å². The van der Waals surface area contributed by atoms with Crippen molar-refractivity contribution in [2.24, 2.45) is 0 Å². The predicted molar refractivity (Wildman–Crippen MR) is 102 cm³/mol. The number of nitrogens with one attached hydrogen (secondary N) is 1. The maximum atomic E-state index is 10.4. The van der Waals surface area contributed by atoms with E-state index in [1.54, 1.807) is 24.1 Å². The minimum Gasteiger partial charge on any atom is -0.510 e. The number of hydrogen-bond acceptors (Lipinski definition) is 5. The molecule has 126 valence electrons. The van der Waals surface area contributed by atoms with Gasteiger partial charge in [0.25, 0.3) is 0 Å². The van der Waals surface area contributed by atoms with Gasteiger partial charge < -0.3 is 14.7 Å². The predicted octanol–water partition coefficient (Wildman–Crippen LogP) is 4.72. The summed E-state index contributed by atoms with van der Waals surface area (Å²) in [6, 6.07) is 13.1. The van der Waals surface area contributed by atoms with Gasteiger partial charge in [0, 0.05) is 5.69 Å². The van der Waals surface area contributed by atoms with Gasteiger partial charge in [-0.2, -0.15) is 0 Å². The van der Waals surface area contributed by atoms with Crippen molar-refractivity contribution in [3.05, 3.63) is 58.3 Å². The summed E-state index contributed by atoms with van der Waals surface area (Å²) >= 11 is 7.66. The SMILES string of the molecule is COc1ccc(N2CC(O)=C(c3nc4ccccc4s3)C2=N)cc1Cl. The van der Waals surface area contributed by atoms with E-state index in [4.69, 9.17) is 21.7 Å². The lowest BCUT2D eigenvalue weighted by Crippen LogP contribution is -2.26. The van der Waals surface area contributed by atoms with Crippen LogP contribution in [0, 0.1) is 5.41 Å². The van der Waals surface area contributed by atoms with Gasteiger partial charge in [-0.3, -0.25) is 5.41 Å². The summed E-state index contributed by atoms with van der Waals surface area (Å²) in [7, 11) is 1.55. The maximum absolute atomic E-state index is 10.4. The van der Waals surface area contributed by atoms with Crippen LogP contribution in [0.4, 0.5) is 5.69 Å².